The number of ketones is 1. The molecule has 0 aliphatic carbocycles. The Morgan fingerprint density at radius 3 is 2.31 bits per heavy atom. The van der Waals surface area contributed by atoms with Gasteiger partial charge in [-0.2, -0.15) is 0 Å². The van der Waals surface area contributed by atoms with Crippen LogP contribution in [0.1, 0.15) is 38.2 Å². The Kier molecular flexibility index (Phi) is 4.17. The van der Waals surface area contributed by atoms with E-state index in [0.29, 0.717) is 6.42 Å². The molecule has 0 fully saturated rings. The van der Waals surface area contributed by atoms with Gasteiger partial charge in [0.1, 0.15) is 5.78 Å². The lowest BCUT2D eigenvalue weighted by molar-refractivity contribution is -0.384. The molecule has 0 aliphatic heterocycles. The first-order chi connectivity index (χ1) is 7.54. The van der Waals surface area contributed by atoms with E-state index >= 15 is 0 Å². The molecule has 0 bridgehead atoms. The highest BCUT2D eigenvalue weighted by Crippen LogP contribution is 2.25. The summed E-state index contributed by atoms with van der Waals surface area (Å²) in [6, 6.07) is 6.43. The monoisotopic (exact) mass is 221 g/mol. The summed E-state index contributed by atoms with van der Waals surface area (Å²) in [5, 5.41) is 10.5. The lowest BCUT2D eigenvalue weighted by Crippen LogP contribution is -2.03. The molecule has 0 aliphatic rings. The molecule has 0 radical (unpaired) electrons. The zero-order valence-corrected chi connectivity index (χ0v) is 9.47. The first-order valence-electron chi connectivity index (χ1n) is 5.28. The van der Waals surface area contributed by atoms with Crippen molar-refractivity contribution in [2.24, 2.45) is 0 Å². The highest BCUT2D eigenvalue weighted by molar-refractivity contribution is 5.76. The van der Waals surface area contributed by atoms with Gasteiger partial charge >= 0.3 is 0 Å². The van der Waals surface area contributed by atoms with Gasteiger partial charge < -0.3 is 4.79 Å². The molecule has 0 saturated heterocycles. The Bertz CT molecular complexity index is 384. The first kappa shape index (κ1) is 12.4. The van der Waals surface area contributed by atoms with Crippen LogP contribution in [-0.4, -0.2) is 10.7 Å². The number of benzene rings is 1. The quantitative estimate of drug-likeness (QED) is 0.567. The molecule has 1 atom stereocenters. The number of nitrogens with zero attached hydrogens (tertiary/aromatic N) is 1. The van der Waals surface area contributed by atoms with E-state index < -0.39 is 4.92 Å². The highest BCUT2D eigenvalue weighted by atomic mass is 16.6. The van der Waals surface area contributed by atoms with Crippen LogP contribution in [0.2, 0.25) is 0 Å². The molecule has 1 rings (SSSR count). The maximum absolute atomic E-state index is 11.1. The summed E-state index contributed by atoms with van der Waals surface area (Å²) in [4.78, 5) is 21.1. The van der Waals surface area contributed by atoms with Crippen LogP contribution in [0, 0.1) is 10.1 Å². The number of nitro benzene ring substituents is 1. The minimum absolute atomic E-state index is 0.0847. The molecule has 1 aromatic carbocycles. The average Bonchev–Trinajstić information content (AvgIpc) is 2.25. The number of nitro groups is 1. The summed E-state index contributed by atoms with van der Waals surface area (Å²) >= 11 is 0. The summed E-state index contributed by atoms with van der Waals surface area (Å²) in [6.45, 7) is 3.57. The zero-order chi connectivity index (χ0) is 12.1. The van der Waals surface area contributed by atoms with Crippen molar-refractivity contribution in [1.82, 2.24) is 0 Å². The van der Waals surface area contributed by atoms with Crippen LogP contribution in [0.25, 0.3) is 0 Å². The van der Waals surface area contributed by atoms with Crippen molar-refractivity contribution in [3.8, 4) is 0 Å². The fourth-order valence-corrected chi connectivity index (χ4v) is 1.71. The first-order valence-corrected chi connectivity index (χ1v) is 5.28. The van der Waals surface area contributed by atoms with Crippen LogP contribution in [0.4, 0.5) is 5.69 Å². The maximum atomic E-state index is 11.1. The molecule has 86 valence electrons. The highest BCUT2D eigenvalue weighted by Gasteiger charge is 2.13. The van der Waals surface area contributed by atoms with E-state index in [-0.39, 0.29) is 17.4 Å². The van der Waals surface area contributed by atoms with Gasteiger partial charge in [-0.15, -0.1) is 0 Å². The van der Waals surface area contributed by atoms with Gasteiger partial charge in [0.2, 0.25) is 0 Å². The molecule has 4 nitrogen and oxygen atoms in total. The zero-order valence-electron chi connectivity index (χ0n) is 9.47. The van der Waals surface area contributed by atoms with Crippen LogP contribution < -0.4 is 0 Å². The third-order valence-corrected chi connectivity index (χ3v) is 2.60. The summed E-state index contributed by atoms with van der Waals surface area (Å²) in [6.07, 6.45) is 1.35. The summed E-state index contributed by atoms with van der Waals surface area (Å²) in [5.41, 5.74) is 1.07. The topological polar surface area (TPSA) is 60.2 Å². The van der Waals surface area contributed by atoms with Gasteiger partial charge in [0.25, 0.3) is 5.69 Å². The molecule has 1 aromatic rings. The van der Waals surface area contributed by atoms with Gasteiger partial charge in [-0.25, -0.2) is 0 Å². The molecular formula is C12H15NO3. The molecule has 4 heteroatoms. The van der Waals surface area contributed by atoms with Gasteiger partial charge in [0.05, 0.1) is 4.92 Å². The van der Waals surface area contributed by atoms with E-state index in [1.807, 2.05) is 6.92 Å². The Labute approximate surface area is 94.4 Å². The number of carbonyl (C=O) groups is 1. The maximum Gasteiger partial charge on any atom is 0.269 e. The van der Waals surface area contributed by atoms with Crippen molar-refractivity contribution >= 4 is 11.5 Å². The molecule has 16 heavy (non-hydrogen) atoms. The second-order valence-corrected chi connectivity index (χ2v) is 3.86. The standard InChI is InChI=1S/C12H15NO3/c1-3-10(8-9(2)14)11-4-6-12(7-5-11)13(15)16/h4-7,10H,3,8H2,1-2H3/t10-/m0/s1. The van der Waals surface area contributed by atoms with E-state index in [2.05, 4.69) is 0 Å². The second kappa shape index (κ2) is 5.39. The Balaban J connectivity index is 2.86. The Morgan fingerprint density at radius 2 is 1.94 bits per heavy atom. The van der Waals surface area contributed by atoms with Crippen LogP contribution in [0.15, 0.2) is 24.3 Å². The fraction of sp³-hybridized carbons (Fsp3) is 0.417. The SMILES string of the molecule is CC[C@@H](CC(C)=O)c1ccc([N+](=O)[O-])cc1. The van der Waals surface area contributed by atoms with E-state index in [4.69, 9.17) is 0 Å². The Hall–Kier alpha value is -1.71. The minimum atomic E-state index is -0.421. The average molecular weight is 221 g/mol. The van der Waals surface area contributed by atoms with Crippen molar-refractivity contribution in [3.63, 3.8) is 0 Å². The van der Waals surface area contributed by atoms with Crippen molar-refractivity contribution in [1.29, 1.82) is 0 Å². The van der Waals surface area contributed by atoms with E-state index in [0.717, 1.165) is 12.0 Å². The molecule has 0 heterocycles. The summed E-state index contributed by atoms with van der Waals surface area (Å²) < 4.78 is 0. The van der Waals surface area contributed by atoms with Crippen molar-refractivity contribution in [3.05, 3.63) is 39.9 Å². The predicted octanol–water partition coefficient (Wildman–Crippen LogP) is 3.07. The fourth-order valence-electron chi connectivity index (χ4n) is 1.71. The summed E-state index contributed by atoms with van der Waals surface area (Å²) in [7, 11) is 0. The van der Waals surface area contributed by atoms with Gasteiger partial charge in [-0.1, -0.05) is 19.1 Å². The minimum Gasteiger partial charge on any atom is -0.300 e. The van der Waals surface area contributed by atoms with Crippen LogP contribution >= 0.6 is 0 Å². The van der Waals surface area contributed by atoms with Crippen molar-refractivity contribution in [2.45, 2.75) is 32.6 Å². The van der Waals surface area contributed by atoms with Gasteiger partial charge in [-0.3, -0.25) is 10.1 Å². The van der Waals surface area contributed by atoms with E-state index in [1.54, 1.807) is 19.1 Å². The molecule has 0 spiro atoms. The van der Waals surface area contributed by atoms with Gasteiger partial charge in [0.15, 0.2) is 0 Å². The van der Waals surface area contributed by atoms with E-state index in [1.165, 1.54) is 12.1 Å². The third kappa shape index (κ3) is 3.15. The van der Waals surface area contributed by atoms with E-state index in [9.17, 15) is 14.9 Å². The number of Topliss-reactive ketones (excluding diaryl/α,β-unsaturated/α-hetero) is 1. The third-order valence-electron chi connectivity index (χ3n) is 2.60. The molecule has 0 N–H and O–H groups in total. The normalized spacial score (nSPS) is 12.1. The number of hydrogen-bond acceptors (Lipinski definition) is 3. The number of rotatable bonds is 5. The van der Waals surface area contributed by atoms with Gasteiger partial charge in [0, 0.05) is 18.6 Å². The molecular weight excluding hydrogens is 206 g/mol. The molecule has 0 amide bonds. The van der Waals surface area contributed by atoms with Crippen LogP contribution in [0.5, 0.6) is 0 Å². The summed E-state index contributed by atoms with van der Waals surface area (Å²) in [5.74, 6) is 0.309. The largest absolute Gasteiger partial charge is 0.300 e. The number of non-ortho nitro benzene ring substituents is 1. The van der Waals surface area contributed by atoms with Gasteiger partial charge in [-0.05, 0) is 24.8 Å². The smallest absolute Gasteiger partial charge is 0.269 e. The van der Waals surface area contributed by atoms with Crippen LogP contribution in [-0.2, 0) is 4.79 Å². The molecule has 0 saturated carbocycles. The Morgan fingerprint density at radius 1 is 1.38 bits per heavy atom. The second-order valence-electron chi connectivity index (χ2n) is 3.86. The lowest BCUT2D eigenvalue weighted by atomic mass is 9.92. The van der Waals surface area contributed by atoms with Crippen LogP contribution in [0.3, 0.4) is 0 Å². The van der Waals surface area contributed by atoms with Crippen molar-refractivity contribution in [2.75, 3.05) is 0 Å². The van der Waals surface area contributed by atoms with Crippen molar-refractivity contribution < 1.29 is 9.72 Å². The molecule has 0 aromatic heterocycles. The lowest BCUT2D eigenvalue weighted by Gasteiger charge is -2.12. The molecule has 0 unspecified atom stereocenters. The predicted molar refractivity (Wildman–Crippen MR) is 61.4 cm³/mol. The number of hydrogen-bond donors (Lipinski definition) is 0. The number of carbonyl (C=O) groups excluding carboxylic acids is 1.